The molecule has 0 bridgehead atoms. The first kappa shape index (κ1) is 22.7. The number of nitrogens with zero attached hydrogens (tertiary/aromatic N) is 2. The molecule has 5 aromatic rings. The Bertz CT molecular complexity index is 1540. The van der Waals surface area contributed by atoms with Gasteiger partial charge in [-0.2, -0.15) is 5.10 Å². The van der Waals surface area contributed by atoms with E-state index in [4.69, 9.17) is 20.8 Å². The molecule has 1 amide bonds. The Labute approximate surface area is 207 Å². The van der Waals surface area contributed by atoms with Crippen LogP contribution in [0.15, 0.2) is 65.1 Å². The van der Waals surface area contributed by atoms with Gasteiger partial charge >= 0.3 is 0 Å². The summed E-state index contributed by atoms with van der Waals surface area (Å²) in [6, 6.07) is 19.3. The highest BCUT2D eigenvalue weighted by atomic mass is 35.5. The van der Waals surface area contributed by atoms with Crippen molar-refractivity contribution in [3.8, 4) is 39.7 Å². The van der Waals surface area contributed by atoms with Crippen LogP contribution in [0.2, 0.25) is 5.02 Å². The number of carbonyl (C=O) groups excluding carboxylic acids is 1. The number of amides is 1. The van der Waals surface area contributed by atoms with E-state index in [0.717, 1.165) is 33.7 Å². The molecule has 0 aliphatic rings. The van der Waals surface area contributed by atoms with Crippen LogP contribution in [0.4, 0.5) is 5.69 Å². The number of aromatic nitrogens is 3. The minimum atomic E-state index is -0.124. The second-order valence-electron chi connectivity index (χ2n) is 8.13. The SMILES string of the molecule is CCOc1ccc(NC(C)=O)cc1-c1ccc(-c2cc(-c3nc4ccc(C)c(Cl)c4o3)[nH]n2)cc1. The molecule has 0 atom stereocenters. The summed E-state index contributed by atoms with van der Waals surface area (Å²) >= 11 is 6.37. The van der Waals surface area contributed by atoms with E-state index in [1.807, 2.05) is 74.5 Å². The van der Waals surface area contributed by atoms with Gasteiger partial charge in [0.05, 0.1) is 17.3 Å². The molecule has 7 nitrogen and oxygen atoms in total. The Hall–Kier alpha value is -4.10. The highest BCUT2D eigenvalue weighted by molar-refractivity contribution is 6.35. The predicted molar refractivity (Wildman–Crippen MR) is 138 cm³/mol. The number of benzene rings is 3. The number of oxazole rings is 1. The van der Waals surface area contributed by atoms with Crippen LogP contribution >= 0.6 is 11.6 Å². The van der Waals surface area contributed by atoms with Gasteiger partial charge in [0.1, 0.15) is 17.0 Å². The van der Waals surface area contributed by atoms with Crippen molar-refractivity contribution in [2.24, 2.45) is 0 Å². The number of hydrogen-bond acceptors (Lipinski definition) is 5. The van der Waals surface area contributed by atoms with E-state index < -0.39 is 0 Å². The number of carbonyl (C=O) groups is 1. The molecule has 3 aromatic carbocycles. The predicted octanol–water partition coefficient (Wildman–Crippen LogP) is 6.87. The molecular weight excluding hydrogens is 464 g/mol. The third-order valence-electron chi connectivity index (χ3n) is 5.59. The molecule has 8 heteroatoms. The Morgan fingerprint density at radius 1 is 1.09 bits per heavy atom. The minimum absolute atomic E-state index is 0.124. The lowest BCUT2D eigenvalue weighted by molar-refractivity contribution is -0.114. The van der Waals surface area contributed by atoms with Gasteiger partial charge in [-0.3, -0.25) is 9.89 Å². The number of rotatable bonds is 6. The lowest BCUT2D eigenvalue weighted by atomic mass is 10.0. The lowest BCUT2D eigenvalue weighted by Crippen LogP contribution is -2.06. The number of aromatic amines is 1. The fourth-order valence-electron chi connectivity index (χ4n) is 3.89. The van der Waals surface area contributed by atoms with Gasteiger partial charge in [-0.1, -0.05) is 41.9 Å². The van der Waals surface area contributed by atoms with Crippen LogP contribution in [0.25, 0.3) is 45.1 Å². The highest BCUT2D eigenvalue weighted by Crippen LogP contribution is 2.35. The Morgan fingerprint density at radius 2 is 1.86 bits per heavy atom. The summed E-state index contributed by atoms with van der Waals surface area (Å²) in [6.07, 6.45) is 0. The molecule has 0 saturated carbocycles. The van der Waals surface area contributed by atoms with Gasteiger partial charge in [-0.15, -0.1) is 0 Å². The zero-order valence-corrected chi connectivity index (χ0v) is 20.2. The second-order valence-corrected chi connectivity index (χ2v) is 8.51. The van der Waals surface area contributed by atoms with Crippen molar-refractivity contribution in [3.63, 3.8) is 0 Å². The summed E-state index contributed by atoms with van der Waals surface area (Å²) < 4.78 is 11.7. The quantitative estimate of drug-likeness (QED) is 0.273. The summed E-state index contributed by atoms with van der Waals surface area (Å²) in [7, 11) is 0. The van der Waals surface area contributed by atoms with Gasteiger partial charge in [0.2, 0.25) is 11.8 Å². The number of anilines is 1. The normalized spacial score (nSPS) is 11.1. The van der Waals surface area contributed by atoms with Gasteiger partial charge in [-0.25, -0.2) is 4.98 Å². The minimum Gasteiger partial charge on any atom is -0.493 e. The number of nitrogens with one attached hydrogen (secondary N) is 2. The Balaban J connectivity index is 1.44. The first-order valence-electron chi connectivity index (χ1n) is 11.2. The zero-order valence-electron chi connectivity index (χ0n) is 19.5. The van der Waals surface area contributed by atoms with Crippen molar-refractivity contribution >= 4 is 34.3 Å². The van der Waals surface area contributed by atoms with Crippen molar-refractivity contribution in [3.05, 3.63) is 71.2 Å². The molecule has 0 saturated heterocycles. The lowest BCUT2D eigenvalue weighted by Gasteiger charge is -2.13. The molecule has 0 unspecified atom stereocenters. The van der Waals surface area contributed by atoms with Crippen LogP contribution in [0.5, 0.6) is 5.75 Å². The van der Waals surface area contributed by atoms with E-state index in [-0.39, 0.29) is 5.91 Å². The van der Waals surface area contributed by atoms with Crippen molar-refractivity contribution in [1.29, 1.82) is 0 Å². The number of aryl methyl sites for hydroxylation is 1. The number of halogens is 1. The molecule has 0 fully saturated rings. The highest BCUT2D eigenvalue weighted by Gasteiger charge is 2.16. The molecule has 0 aliphatic carbocycles. The smallest absolute Gasteiger partial charge is 0.245 e. The first-order valence-corrected chi connectivity index (χ1v) is 11.6. The molecule has 0 aliphatic heterocycles. The van der Waals surface area contributed by atoms with Gasteiger partial charge in [0, 0.05) is 23.7 Å². The van der Waals surface area contributed by atoms with Crippen molar-refractivity contribution in [2.45, 2.75) is 20.8 Å². The van der Waals surface area contributed by atoms with E-state index in [1.165, 1.54) is 6.92 Å². The molecule has 2 heterocycles. The summed E-state index contributed by atoms with van der Waals surface area (Å²) in [5.74, 6) is 1.06. The fraction of sp³-hybridized carbons (Fsp3) is 0.148. The molecule has 35 heavy (non-hydrogen) atoms. The first-order chi connectivity index (χ1) is 16.9. The summed E-state index contributed by atoms with van der Waals surface area (Å²) in [4.78, 5) is 16.0. The Morgan fingerprint density at radius 3 is 2.60 bits per heavy atom. The zero-order chi connectivity index (χ0) is 24.5. The number of ether oxygens (including phenoxy) is 1. The van der Waals surface area contributed by atoms with Crippen LogP contribution in [0.3, 0.4) is 0 Å². The van der Waals surface area contributed by atoms with Crippen LogP contribution in [0, 0.1) is 6.92 Å². The second kappa shape index (κ2) is 9.27. The third-order valence-corrected chi connectivity index (χ3v) is 6.06. The van der Waals surface area contributed by atoms with E-state index in [9.17, 15) is 4.79 Å². The average molecular weight is 487 g/mol. The molecule has 2 N–H and O–H groups in total. The van der Waals surface area contributed by atoms with E-state index >= 15 is 0 Å². The van der Waals surface area contributed by atoms with Gasteiger partial charge in [0.15, 0.2) is 5.58 Å². The molecular formula is C27H23ClN4O3. The summed E-state index contributed by atoms with van der Waals surface area (Å²) in [6.45, 7) is 5.89. The van der Waals surface area contributed by atoms with E-state index in [2.05, 4.69) is 20.5 Å². The fourth-order valence-corrected chi connectivity index (χ4v) is 4.09. The summed E-state index contributed by atoms with van der Waals surface area (Å²) in [5, 5.41) is 10.8. The molecule has 5 rings (SSSR count). The number of fused-ring (bicyclic) bond motifs is 1. The van der Waals surface area contributed by atoms with Crippen molar-refractivity contribution < 1.29 is 13.9 Å². The number of hydrogen-bond donors (Lipinski definition) is 2. The maximum Gasteiger partial charge on any atom is 0.245 e. The van der Waals surface area contributed by atoms with Gasteiger partial charge in [-0.05, 0) is 55.3 Å². The van der Waals surface area contributed by atoms with E-state index in [1.54, 1.807) is 0 Å². The molecule has 176 valence electrons. The average Bonchev–Trinajstić information content (AvgIpc) is 3.50. The molecule has 0 spiro atoms. The molecule has 2 aromatic heterocycles. The largest absolute Gasteiger partial charge is 0.493 e. The van der Waals surface area contributed by atoms with Crippen molar-refractivity contribution in [1.82, 2.24) is 15.2 Å². The number of H-pyrrole nitrogens is 1. The monoisotopic (exact) mass is 486 g/mol. The third kappa shape index (κ3) is 4.50. The maximum absolute atomic E-state index is 11.5. The van der Waals surface area contributed by atoms with Gasteiger partial charge < -0.3 is 14.5 Å². The maximum atomic E-state index is 11.5. The van der Waals surface area contributed by atoms with Gasteiger partial charge in [0.25, 0.3) is 0 Å². The van der Waals surface area contributed by atoms with Crippen LogP contribution < -0.4 is 10.1 Å². The van der Waals surface area contributed by atoms with Crippen molar-refractivity contribution in [2.75, 3.05) is 11.9 Å². The summed E-state index contributed by atoms with van der Waals surface area (Å²) in [5.41, 5.74) is 7.11. The topological polar surface area (TPSA) is 93.0 Å². The van der Waals surface area contributed by atoms with Crippen LogP contribution in [-0.2, 0) is 4.79 Å². The molecule has 0 radical (unpaired) electrons. The van der Waals surface area contributed by atoms with Crippen LogP contribution in [0.1, 0.15) is 19.4 Å². The van der Waals surface area contributed by atoms with E-state index in [0.29, 0.717) is 40.0 Å². The standard InChI is InChI=1S/C27H23ClN4O3/c1-4-34-24-12-10-19(29-16(3)33)13-20(24)17-6-8-18(9-7-17)22-14-23(32-31-22)27-30-21-11-5-15(2)25(28)26(21)35-27/h5-14H,4H2,1-3H3,(H,29,33)(H,31,32). The van der Waals surface area contributed by atoms with Crippen LogP contribution in [-0.4, -0.2) is 27.7 Å². The Kier molecular flexibility index (Phi) is 6.01.